The first kappa shape index (κ1) is 14.8. The molecule has 0 bridgehead atoms. The van der Waals surface area contributed by atoms with Gasteiger partial charge >= 0.3 is 0 Å². The first-order chi connectivity index (χ1) is 10.2. The summed E-state index contributed by atoms with van der Waals surface area (Å²) in [5, 5.41) is 4.80. The Bertz CT molecular complexity index is 668. The summed E-state index contributed by atoms with van der Waals surface area (Å²) in [5.41, 5.74) is 2.32. The van der Waals surface area contributed by atoms with Crippen LogP contribution < -0.4 is 5.32 Å². The van der Waals surface area contributed by atoms with Crippen molar-refractivity contribution in [1.82, 2.24) is 5.32 Å². The first-order valence-electron chi connectivity index (χ1n) is 6.68. The Morgan fingerprint density at radius 3 is 2.52 bits per heavy atom. The van der Waals surface area contributed by atoms with Gasteiger partial charge in [-0.2, -0.15) is 0 Å². The lowest BCUT2D eigenvalue weighted by Gasteiger charge is -2.10. The van der Waals surface area contributed by atoms with Gasteiger partial charge in [0.2, 0.25) is 0 Å². The summed E-state index contributed by atoms with van der Waals surface area (Å²) in [5.74, 6) is 1.83. The van der Waals surface area contributed by atoms with Gasteiger partial charge in [0, 0.05) is 32.8 Å². The monoisotopic (exact) mass is 336 g/mol. The van der Waals surface area contributed by atoms with Crippen molar-refractivity contribution in [1.29, 1.82) is 0 Å². The molecule has 1 N–H and O–H groups in total. The fourth-order valence-corrected chi connectivity index (χ4v) is 3.42. The summed E-state index contributed by atoms with van der Waals surface area (Å²) in [4.78, 5) is 5.67. The number of nitrogens with zero attached hydrogens (tertiary/aromatic N) is 1. The molecular weight excluding hydrogens is 323 g/mol. The molecule has 2 nitrogen and oxygen atoms in total. The second kappa shape index (κ2) is 6.73. The van der Waals surface area contributed by atoms with Crippen molar-refractivity contribution in [2.24, 2.45) is 4.99 Å². The Labute approximate surface area is 138 Å². The van der Waals surface area contributed by atoms with E-state index in [0.29, 0.717) is 0 Å². The molecule has 0 amide bonds. The van der Waals surface area contributed by atoms with Gasteiger partial charge in [0.25, 0.3) is 0 Å². The standard InChI is InChI=1S/C16H14Cl2N2S/c17-12-3-1-11(2-4-12)10-21-15-6-5-13(18)9-14(15)16-19-7-8-20-16/h1-6,9H,7-8,10H2,(H,19,20). The molecule has 0 unspecified atom stereocenters. The highest BCUT2D eigenvalue weighted by Gasteiger charge is 2.13. The van der Waals surface area contributed by atoms with Crippen molar-refractivity contribution in [3.63, 3.8) is 0 Å². The minimum atomic E-state index is 0.734. The summed E-state index contributed by atoms with van der Waals surface area (Å²) in [7, 11) is 0. The normalized spacial score (nSPS) is 13.9. The SMILES string of the molecule is Clc1ccc(CSc2ccc(Cl)cc2C2=NCCN2)cc1. The van der Waals surface area contributed by atoms with Crippen LogP contribution in [0.15, 0.2) is 52.4 Å². The lowest BCUT2D eigenvalue weighted by molar-refractivity contribution is 0.959. The van der Waals surface area contributed by atoms with Crippen molar-refractivity contribution >= 4 is 40.8 Å². The molecule has 1 aliphatic heterocycles. The number of rotatable bonds is 4. The highest BCUT2D eigenvalue weighted by molar-refractivity contribution is 7.98. The molecule has 108 valence electrons. The average molecular weight is 337 g/mol. The zero-order chi connectivity index (χ0) is 14.7. The van der Waals surface area contributed by atoms with Crippen molar-refractivity contribution in [2.75, 3.05) is 13.1 Å². The lowest BCUT2D eigenvalue weighted by Crippen LogP contribution is -2.20. The molecule has 0 radical (unpaired) electrons. The van der Waals surface area contributed by atoms with E-state index >= 15 is 0 Å². The number of thioether (sulfide) groups is 1. The molecule has 1 heterocycles. The van der Waals surface area contributed by atoms with E-state index in [1.165, 1.54) is 10.5 Å². The van der Waals surface area contributed by atoms with Crippen LogP contribution in [0.2, 0.25) is 10.0 Å². The molecule has 0 saturated heterocycles. The molecule has 1 aliphatic rings. The van der Waals surface area contributed by atoms with Crippen LogP contribution in [-0.2, 0) is 5.75 Å². The Balaban J connectivity index is 1.80. The van der Waals surface area contributed by atoms with Crippen LogP contribution in [0.5, 0.6) is 0 Å². The van der Waals surface area contributed by atoms with Gasteiger partial charge in [-0.05, 0) is 35.9 Å². The minimum Gasteiger partial charge on any atom is -0.368 e. The molecule has 0 aromatic heterocycles. The van der Waals surface area contributed by atoms with Crippen LogP contribution in [-0.4, -0.2) is 18.9 Å². The first-order valence-corrected chi connectivity index (χ1v) is 8.42. The second-order valence-electron chi connectivity index (χ2n) is 4.71. The third kappa shape index (κ3) is 3.73. The molecule has 0 spiro atoms. The van der Waals surface area contributed by atoms with Gasteiger partial charge in [0.15, 0.2) is 0 Å². The highest BCUT2D eigenvalue weighted by atomic mass is 35.5. The molecule has 0 saturated carbocycles. The van der Waals surface area contributed by atoms with Crippen molar-refractivity contribution in [2.45, 2.75) is 10.6 Å². The Morgan fingerprint density at radius 2 is 1.81 bits per heavy atom. The molecule has 2 aromatic carbocycles. The molecule has 21 heavy (non-hydrogen) atoms. The number of hydrogen-bond acceptors (Lipinski definition) is 3. The van der Waals surface area contributed by atoms with Gasteiger partial charge in [-0.25, -0.2) is 0 Å². The number of benzene rings is 2. The summed E-state index contributed by atoms with van der Waals surface area (Å²) in [6, 6.07) is 13.9. The van der Waals surface area contributed by atoms with E-state index in [1.807, 2.05) is 24.3 Å². The van der Waals surface area contributed by atoms with E-state index in [9.17, 15) is 0 Å². The van der Waals surface area contributed by atoms with Crippen LogP contribution in [0.1, 0.15) is 11.1 Å². The van der Waals surface area contributed by atoms with Gasteiger partial charge in [0.1, 0.15) is 5.84 Å². The van der Waals surface area contributed by atoms with E-state index in [2.05, 4.69) is 28.5 Å². The lowest BCUT2D eigenvalue weighted by atomic mass is 10.2. The zero-order valence-electron chi connectivity index (χ0n) is 11.3. The maximum atomic E-state index is 6.12. The largest absolute Gasteiger partial charge is 0.368 e. The quantitative estimate of drug-likeness (QED) is 0.822. The van der Waals surface area contributed by atoms with E-state index in [-0.39, 0.29) is 0 Å². The maximum absolute atomic E-state index is 6.12. The molecule has 5 heteroatoms. The summed E-state index contributed by atoms with van der Waals surface area (Å²) in [6.45, 7) is 1.71. The summed E-state index contributed by atoms with van der Waals surface area (Å²) in [6.07, 6.45) is 0. The third-order valence-corrected chi connectivity index (χ3v) is 4.81. The van der Waals surface area contributed by atoms with Crippen molar-refractivity contribution in [3.8, 4) is 0 Å². The number of hydrogen-bond donors (Lipinski definition) is 1. The average Bonchev–Trinajstić information content (AvgIpc) is 3.02. The van der Waals surface area contributed by atoms with Gasteiger partial charge in [-0.1, -0.05) is 35.3 Å². The molecule has 0 fully saturated rings. The second-order valence-corrected chi connectivity index (χ2v) is 6.60. The Hall–Kier alpha value is -1.16. The van der Waals surface area contributed by atoms with Crippen molar-refractivity contribution < 1.29 is 0 Å². The van der Waals surface area contributed by atoms with Gasteiger partial charge < -0.3 is 5.32 Å². The van der Waals surface area contributed by atoms with Gasteiger partial charge in [0.05, 0.1) is 6.54 Å². The number of halogens is 2. The zero-order valence-corrected chi connectivity index (χ0v) is 13.6. The maximum Gasteiger partial charge on any atom is 0.129 e. The summed E-state index contributed by atoms with van der Waals surface area (Å²) < 4.78 is 0. The fourth-order valence-electron chi connectivity index (χ4n) is 2.13. The number of nitrogens with one attached hydrogen (secondary N) is 1. The smallest absolute Gasteiger partial charge is 0.129 e. The van der Waals surface area contributed by atoms with Crippen molar-refractivity contribution in [3.05, 3.63) is 63.6 Å². The summed E-state index contributed by atoms with van der Waals surface area (Å²) >= 11 is 13.8. The Kier molecular flexibility index (Phi) is 4.73. The van der Waals surface area contributed by atoms with Crippen LogP contribution >= 0.6 is 35.0 Å². The predicted molar refractivity (Wildman–Crippen MR) is 91.9 cm³/mol. The Morgan fingerprint density at radius 1 is 1.05 bits per heavy atom. The number of aliphatic imine (C=N–C) groups is 1. The molecule has 0 atom stereocenters. The van der Waals surface area contributed by atoms with E-state index < -0.39 is 0 Å². The minimum absolute atomic E-state index is 0.734. The highest BCUT2D eigenvalue weighted by Crippen LogP contribution is 2.29. The third-order valence-electron chi connectivity index (χ3n) is 3.18. The van der Waals surface area contributed by atoms with Gasteiger partial charge in [-0.3, -0.25) is 4.99 Å². The predicted octanol–water partition coefficient (Wildman–Crippen LogP) is 4.64. The van der Waals surface area contributed by atoms with Crippen LogP contribution in [0.25, 0.3) is 0 Å². The van der Waals surface area contributed by atoms with Crippen LogP contribution in [0.4, 0.5) is 0 Å². The molecule has 0 aliphatic carbocycles. The van der Waals surface area contributed by atoms with Gasteiger partial charge in [-0.15, -0.1) is 11.8 Å². The molecule has 3 rings (SSSR count). The molecular formula is C16H14Cl2N2S. The van der Waals surface area contributed by atoms with Crippen LogP contribution in [0.3, 0.4) is 0 Å². The van der Waals surface area contributed by atoms with E-state index in [0.717, 1.165) is 40.3 Å². The topological polar surface area (TPSA) is 24.4 Å². The fraction of sp³-hybridized carbons (Fsp3) is 0.188. The van der Waals surface area contributed by atoms with Crippen LogP contribution in [0, 0.1) is 0 Å². The van der Waals surface area contributed by atoms with E-state index in [4.69, 9.17) is 23.2 Å². The molecule has 2 aromatic rings. The number of amidine groups is 1. The van der Waals surface area contributed by atoms with E-state index in [1.54, 1.807) is 11.8 Å².